The summed E-state index contributed by atoms with van der Waals surface area (Å²) in [4.78, 5) is 22.6. The van der Waals surface area contributed by atoms with Crippen LogP contribution < -0.4 is 9.47 Å². The van der Waals surface area contributed by atoms with Gasteiger partial charge < -0.3 is 19.1 Å². The van der Waals surface area contributed by atoms with Crippen LogP contribution in [0.4, 0.5) is 0 Å². The monoisotopic (exact) mass is 389 g/mol. The molecule has 4 rings (SSSR count). The molecule has 0 bridgehead atoms. The topological polar surface area (TPSA) is 73.8 Å². The van der Waals surface area contributed by atoms with E-state index in [-0.39, 0.29) is 18.1 Å². The lowest BCUT2D eigenvalue weighted by molar-refractivity contribution is 0.0130. The maximum atomic E-state index is 12.8. The van der Waals surface area contributed by atoms with Crippen LogP contribution in [0.1, 0.15) is 16.8 Å². The van der Waals surface area contributed by atoms with Crippen molar-refractivity contribution in [2.45, 2.75) is 18.6 Å². The maximum absolute atomic E-state index is 12.8. The number of hydrogen-bond donors (Lipinski definition) is 0. The van der Waals surface area contributed by atoms with Gasteiger partial charge in [0.1, 0.15) is 18.1 Å². The molecule has 27 heavy (non-hydrogen) atoms. The Morgan fingerprint density at radius 2 is 2.22 bits per heavy atom. The highest BCUT2D eigenvalue weighted by atomic mass is 35.5. The van der Waals surface area contributed by atoms with Gasteiger partial charge in [0.25, 0.3) is 5.91 Å². The Bertz CT molecular complexity index is 820. The lowest BCUT2D eigenvalue weighted by atomic mass is 10.0. The lowest BCUT2D eigenvalue weighted by Gasteiger charge is -2.20. The second kappa shape index (κ2) is 7.70. The molecule has 0 radical (unpaired) electrons. The molecule has 1 amide bonds. The van der Waals surface area contributed by atoms with Crippen LogP contribution in [0, 0.1) is 5.92 Å². The normalized spacial score (nSPS) is 23.9. The molecule has 2 aromatic rings. The van der Waals surface area contributed by atoms with E-state index in [0.29, 0.717) is 47.7 Å². The number of likely N-dealkylation sites (tertiary alicyclic amines) is 1. The van der Waals surface area contributed by atoms with E-state index >= 15 is 0 Å². The first-order valence-electron chi connectivity index (χ1n) is 8.80. The van der Waals surface area contributed by atoms with E-state index in [1.54, 1.807) is 36.9 Å². The van der Waals surface area contributed by atoms with Crippen LogP contribution >= 0.6 is 11.6 Å². The summed E-state index contributed by atoms with van der Waals surface area (Å²) in [5.74, 6) is 1.38. The average Bonchev–Trinajstić information content (AvgIpc) is 3.24. The summed E-state index contributed by atoms with van der Waals surface area (Å²) in [5, 5.41) is 0.539. The Hall–Kier alpha value is -2.38. The zero-order chi connectivity index (χ0) is 18.8. The van der Waals surface area contributed by atoms with Gasteiger partial charge in [0.05, 0.1) is 42.3 Å². The summed E-state index contributed by atoms with van der Waals surface area (Å²) in [6.45, 7) is 1.69. The molecule has 0 saturated carbocycles. The predicted molar refractivity (Wildman–Crippen MR) is 98.2 cm³/mol. The van der Waals surface area contributed by atoms with Crippen molar-refractivity contribution in [3.8, 4) is 11.5 Å². The SMILES string of the molecule is COc1cnccc1C(=O)N1C[C@@H]2C[C@@H](COc3cncc(Cl)c3)O[C@@H]2C1. The molecule has 142 valence electrons. The minimum absolute atomic E-state index is 0.00620. The Balaban J connectivity index is 1.32. The van der Waals surface area contributed by atoms with Crippen molar-refractivity contribution < 1.29 is 19.0 Å². The van der Waals surface area contributed by atoms with Gasteiger partial charge in [0.2, 0.25) is 0 Å². The van der Waals surface area contributed by atoms with Crippen LogP contribution in [-0.2, 0) is 4.74 Å². The third kappa shape index (κ3) is 3.84. The molecule has 8 heteroatoms. The van der Waals surface area contributed by atoms with E-state index in [1.807, 2.05) is 4.90 Å². The summed E-state index contributed by atoms with van der Waals surface area (Å²) in [6.07, 6.45) is 7.24. The van der Waals surface area contributed by atoms with E-state index in [0.717, 1.165) is 6.42 Å². The van der Waals surface area contributed by atoms with E-state index in [9.17, 15) is 4.79 Å². The smallest absolute Gasteiger partial charge is 0.257 e. The Kier molecular flexibility index (Phi) is 5.13. The minimum Gasteiger partial charge on any atom is -0.494 e. The van der Waals surface area contributed by atoms with Crippen LogP contribution in [0.3, 0.4) is 0 Å². The number of carbonyl (C=O) groups is 1. The number of rotatable bonds is 5. The molecular formula is C19H20ClN3O4. The van der Waals surface area contributed by atoms with Crippen molar-refractivity contribution in [3.63, 3.8) is 0 Å². The summed E-state index contributed by atoms with van der Waals surface area (Å²) in [6, 6.07) is 3.42. The molecule has 2 aromatic heterocycles. The third-order valence-corrected chi connectivity index (χ3v) is 5.16. The molecule has 2 fully saturated rings. The van der Waals surface area contributed by atoms with Gasteiger partial charge in [0, 0.05) is 37.5 Å². The van der Waals surface area contributed by atoms with Gasteiger partial charge in [-0.3, -0.25) is 14.8 Å². The Morgan fingerprint density at radius 1 is 1.33 bits per heavy atom. The number of methoxy groups -OCH3 is 1. The molecule has 2 saturated heterocycles. The number of amides is 1. The maximum Gasteiger partial charge on any atom is 0.257 e. The lowest BCUT2D eigenvalue weighted by Crippen LogP contribution is -2.32. The van der Waals surface area contributed by atoms with Gasteiger partial charge in [-0.05, 0) is 12.5 Å². The molecule has 2 aliphatic heterocycles. The standard InChI is InChI=1S/C19H20ClN3O4/c1-25-17-8-21-3-2-16(17)19(24)23-9-12-4-15(27-18(12)10-23)11-26-14-5-13(20)6-22-7-14/h2-3,5-8,12,15,18H,4,9-11H2,1H3/t12-,15-,18+/m0/s1. The quantitative estimate of drug-likeness (QED) is 0.782. The third-order valence-electron chi connectivity index (χ3n) is 4.95. The van der Waals surface area contributed by atoms with Crippen molar-refractivity contribution in [3.05, 3.63) is 47.5 Å². The second-order valence-corrected chi connectivity index (χ2v) is 7.16. The largest absolute Gasteiger partial charge is 0.494 e. The van der Waals surface area contributed by atoms with Crippen molar-refractivity contribution >= 4 is 17.5 Å². The molecule has 7 nitrogen and oxygen atoms in total. The van der Waals surface area contributed by atoms with Crippen LogP contribution in [-0.4, -0.2) is 59.8 Å². The molecule has 0 aromatic carbocycles. The fourth-order valence-corrected chi connectivity index (χ4v) is 3.85. The summed E-state index contributed by atoms with van der Waals surface area (Å²) < 4.78 is 17.1. The molecule has 4 heterocycles. The highest BCUT2D eigenvalue weighted by molar-refractivity contribution is 6.30. The molecule has 2 aliphatic rings. The number of halogens is 1. The van der Waals surface area contributed by atoms with Crippen molar-refractivity contribution in [2.24, 2.45) is 5.92 Å². The van der Waals surface area contributed by atoms with E-state index < -0.39 is 0 Å². The number of fused-ring (bicyclic) bond motifs is 1. The predicted octanol–water partition coefficient (Wildman–Crippen LogP) is 2.45. The molecule has 0 unspecified atom stereocenters. The molecule has 0 N–H and O–H groups in total. The highest BCUT2D eigenvalue weighted by Crippen LogP contribution is 2.34. The summed E-state index contributed by atoms with van der Waals surface area (Å²) in [7, 11) is 1.54. The number of carbonyl (C=O) groups excluding carboxylic acids is 1. The van der Waals surface area contributed by atoms with Crippen molar-refractivity contribution in [1.29, 1.82) is 0 Å². The van der Waals surface area contributed by atoms with Crippen molar-refractivity contribution in [1.82, 2.24) is 14.9 Å². The van der Waals surface area contributed by atoms with Gasteiger partial charge in [-0.15, -0.1) is 0 Å². The van der Waals surface area contributed by atoms with Crippen LogP contribution in [0.5, 0.6) is 11.5 Å². The molecule has 0 aliphatic carbocycles. The van der Waals surface area contributed by atoms with E-state index in [1.165, 1.54) is 7.11 Å². The van der Waals surface area contributed by atoms with Gasteiger partial charge >= 0.3 is 0 Å². The Labute approximate surface area is 162 Å². The van der Waals surface area contributed by atoms with Gasteiger partial charge in [-0.25, -0.2) is 0 Å². The Morgan fingerprint density at radius 3 is 3.00 bits per heavy atom. The number of hydrogen-bond acceptors (Lipinski definition) is 6. The minimum atomic E-state index is -0.0509. The van der Waals surface area contributed by atoms with Crippen molar-refractivity contribution in [2.75, 3.05) is 26.8 Å². The van der Waals surface area contributed by atoms with Crippen LogP contribution in [0.2, 0.25) is 5.02 Å². The number of ether oxygens (including phenoxy) is 3. The van der Waals surface area contributed by atoms with Gasteiger partial charge in [0.15, 0.2) is 0 Å². The fourth-order valence-electron chi connectivity index (χ4n) is 3.69. The number of aromatic nitrogens is 2. The zero-order valence-electron chi connectivity index (χ0n) is 14.9. The molecule has 0 spiro atoms. The van der Waals surface area contributed by atoms with E-state index in [4.69, 9.17) is 25.8 Å². The van der Waals surface area contributed by atoms with Gasteiger partial charge in [-0.1, -0.05) is 11.6 Å². The average molecular weight is 390 g/mol. The number of nitrogens with zero attached hydrogens (tertiary/aromatic N) is 3. The number of pyridine rings is 2. The highest BCUT2D eigenvalue weighted by Gasteiger charge is 2.44. The first kappa shape index (κ1) is 18.0. The van der Waals surface area contributed by atoms with Crippen LogP contribution in [0.25, 0.3) is 0 Å². The van der Waals surface area contributed by atoms with Gasteiger partial charge in [-0.2, -0.15) is 0 Å². The summed E-state index contributed by atoms with van der Waals surface area (Å²) >= 11 is 5.91. The van der Waals surface area contributed by atoms with Crippen LogP contribution in [0.15, 0.2) is 36.9 Å². The first-order valence-corrected chi connectivity index (χ1v) is 9.18. The van der Waals surface area contributed by atoms with E-state index in [2.05, 4.69) is 9.97 Å². The molecular weight excluding hydrogens is 370 g/mol. The molecule has 3 atom stereocenters. The zero-order valence-corrected chi connectivity index (χ0v) is 15.6. The first-order chi connectivity index (χ1) is 13.1. The second-order valence-electron chi connectivity index (χ2n) is 6.73. The summed E-state index contributed by atoms with van der Waals surface area (Å²) in [5.41, 5.74) is 0.529. The fraction of sp³-hybridized carbons (Fsp3) is 0.421.